The van der Waals surface area contributed by atoms with Crippen LogP contribution in [0.2, 0.25) is 0 Å². The second-order valence-corrected chi connectivity index (χ2v) is 4.38. The minimum Gasteiger partial charge on any atom is -0.469 e. The van der Waals surface area contributed by atoms with Gasteiger partial charge in [-0.25, -0.2) is 9.97 Å². The summed E-state index contributed by atoms with van der Waals surface area (Å²) < 4.78 is 4.76. The molecule has 0 saturated carbocycles. The van der Waals surface area contributed by atoms with E-state index >= 15 is 0 Å². The highest BCUT2D eigenvalue weighted by atomic mass is 16.5. The Labute approximate surface area is 101 Å². The average Bonchev–Trinajstić information content (AvgIpc) is 2.80. The van der Waals surface area contributed by atoms with Crippen molar-refractivity contribution in [3.63, 3.8) is 0 Å². The van der Waals surface area contributed by atoms with Gasteiger partial charge >= 0.3 is 5.97 Å². The molecular formula is C12H17N3O2. The Morgan fingerprint density at radius 2 is 2.24 bits per heavy atom. The first-order chi connectivity index (χ1) is 8.19. The second-order valence-electron chi connectivity index (χ2n) is 4.38. The number of carbonyl (C=O) groups is 1. The highest BCUT2D eigenvalue weighted by Crippen LogP contribution is 2.19. The predicted molar refractivity (Wildman–Crippen MR) is 62.2 cm³/mol. The Bertz CT molecular complexity index is 391. The van der Waals surface area contributed by atoms with Gasteiger partial charge in [0.05, 0.1) is 13.0 Å². The van der Waals surface area contributed by atoms with Crippen LogP contribution in [0, 0.1) is 12.8 Å². The van der Waals surface area contributed by atoms with E-state index in [9.17, 15) is 4.79 Å². The molecule has 0 aliphatic carbocycles. The fourth-order valence-electron chi connectivity index (χ4n) is 2.09. The third-order valence-electron chi connectivity index (χ3n) is 3.05. The molecule has 1 aliphatic rings. The fourth-order valence-corrected chi connectivity index (χ4v) is 2.09. The normalized spacial score (nSPS) is 20.5. The molecule has 0 spiro atoms. The highest BCUT2D eigenvalue weighted by molar-refractivity contribution is 5.72. The molecule has 0 radical (unpaired) electrons. The molecule has 1 aromatic heterocycles. The number of hydrogen-bond acceptors (Lipinski definition) is 5. The lowest BCUT2D eigenvalue weighted by molar-refractivity contribution is -0.144. The summed E-state index contributed by atoms with van der Waals surface area (Å²) in [5.41, 5.74) is 1.08. The number of nitrogens with zero attached hydrogens (tertiary/aromatic N) is 3. The van der Waals surface area contributed by atoms with Crippen molar-refractivity contribution in [1.82, 2.24) is 14.9 Å². The largest absolute Gasteiger partial charge is 0.469 e. The number of ether oxygens (including phenoxy) is 1. The molecule has 92 valence electrons. The molecule has 1 atom stereocenters. The lowest BCUT2D eigenvalue weighted by atomic mass is 10.1. The van der Waals surface area contributed by atoms with Crippen LogP contribution in [0.15, 0.2) is 12.4 Å². The lowest BCUT2D eigenvalue weighted by Crippen LogP contribution is -2.23. The molecule has 0 amide bonds. The monoisotopic (exact) mass is 235 g/mol. The zero-order valence-corrected chi connectivity index (χ0v) is 10.2. The first-order valence-corrected chi connectivity index (χ1v) is 5.76. The molecule has 1 unspecified atom stereocenters. The van der Waals surface area contributed by atoms with Crippen LogP contribution in [-0.4, -0.2) is 41.0 Å². The van der Waals surface area contributed by atoms with E-state index in [1.165, 1.54) is 7.11 Å². The molecule has 1 aliphatic heterocycles. The number of rotatable bonds is 3. The van der Waals surface area contributed by atoms with Crippen LogP contribution in [0.3, 0.4) is 0 Å². The van der Waals surface area contributed by atoms with Gasteiger partial charge in [-0.2, -0.15) is 0 Å². The Balaban J connectivity index is 1.89. The summed E-state index contributed by atoms with van der Waals surface area (Å²) in [6, 6.07) is 0. The van der Waals surface area contributed by atoms with Gasteiger partial charge in [0, 0.05) is 31.0 Å². The van der Waals surface area contributed by atoms with Gasteiger partial charge in [0.15, 0.2) is 0 Å². The third-order valence-corrected chi connectivity index (χ3v) is 3.05. The van der Waals surface area contributed by atoms with Crippen LogP contribution in [0.1, 0.15) is 17.8 Å². The SMILES string of the molecule is COC(=O)C1CCN(Cc2cnc(C)nc2)C1. The van der Waals surface area contributed by atoms with Crippen LogP contribution in [0.4, 0.5) is 0 Å². The number of hydrogen-bond donors (Lipinski definition) is 0. The van der Waals surface area contributed by atoms with Crippen molar-refractivity contribution in [2.45, 2.75) is 19.9 Å². The summed E-state index contributed by atoms with van der Waals surface area (Å²) in [6.07, 6.45) is 4.56. The molecule has 1 saturated heterocycles. The van der Waals surface area contributed by atoms with E-state index in [-0.39, 0.29) is 11.9 Å². The summed E-state index contributed by atoms with van der Waals surface area (Å²) in [6.45, 7) is 4.36. The zero-order valence-electron chi connectivity index (χ0n) is 10.2. The molecule has 1 aromatic rings. The van der Waals surface area contributed by atoms with Crippen molar-refractivity contribution < 1.29 is 9.53 Å². The van der Waals surface area contributed by atoms with E-state index in [0.717, 1.165) is 37.4 Å². The van der Waals surface area contributed by atoms with E-state index in [4.69, 9.17) is 4.74 Å². The molecule has 17 heavy (non-hydrogen) atoms. The van der Waals surface area contributed by atoms with E-state index < -0.39 is 0 Å². The lowest BCUT2D eigenvalue weighted by Gasteiger charge is -2.14. The molecular weight excluding hydrogens is 218 g/mol. The van der Waals surface area contributed by atoms with Crippen LogP contribution >= 0.6 is 0 Å². The van der Waals surface area contributed by atoms with E-state index in [1.807, 2.05) is 19.3 Å². The van der Waals surface area contributed by atoms with Gasteiger partial charge in [-0.05, 0) is 19.9 Å². The molecule has 2 rings (SSSR count). The third kappa shape index (κ3) is 3.00. The smallest absolute Gasteiger partial charge is 0.310 e. The maximum Gasteiger partial charge on any atom is 0.310 e. The predicted octanol–water partition coefficient (Wildman–Crippen LogP) is 0.780. The molecule has 0 N–H and O–H groups in total. The highest BCUT2D eigenvalue weighted by Gasteiger charge is 2.28. The number of aromatic nitrogens is 2. The minimum absolute atomic E-state index is 0.0198. The molecule has 5 nitrogen and oxygen atoms in total. The van der Waals surface area contributed by atoms with Gasteiger partial charge in [-0.15, -0.1) is 0 Å². The van der Waals surface area contributed by atoms with E-state index in [0.29, 0.717) is 0 Å². The van der Waals surface area contributed by atoms with Gasteiger partial charge in [0.25, 0.3) is 0 Å². The zero-order chi connectivity index (χ0) is 12.3. The van der Waals surface area contributed by atoms with Crippen LogP contribution < -0.4 is 0 Å². The van der Waals surface area contributed by atoms with Gasteiger partial charge < -0.3 is 4.74 Å². The summed E-state index contributed by atoms with van der Waals surface area (Å²) in [4.78, 5) is 21.9. The van der Waals surface area contributed by atoms with Crippen LogP contribution in [0.25, 0.3) is 0 Å². The first-order valence-electron chi connectivity index (χ1n) is 5.76. The Kier molecular flexibility index (Phi) is 3.68. The Morgan fingerprint density at radius 1 is 1.53 bits per heavy atom. The van der Waals surface area contributed by atoms with Crippen LogP contribution in [0.5, 0.6) is 0 Å². The summed E-state index contributed by atoms with van der Waals surface area (Å²) in [5, 5.41) is 0. The van der Waals surface area contributed by atoms with Crippen molar-refractivity contribution in [3.05, 3.63) is 23.8 Å². The Hall–Kier alpha value is -1.49. The van der Waals surface area contributed by atoms with Crippen molar-refractivity contribution in [2.24, 2.45) is 5.92 Å². The molecule has 0 aromatic carbocycles. The molecule has 5 heteroatoms. The average molecular weight is 235 g/mol. The van der Waals surface area contributed by atoms with Crippen molar-refractivity contribution in [3.8, 4) is 0 Å². The summed E-state index contributed by atoms with van der Waals surface area (Å²) in [7, 11) is 1.44. The number of esters is 1. The quantitative estimate of drug-likeness (QED) is 0.725. The van der Waals surface area contributed by atoms with Crippen molar-refractivity contribution >= 4 is 5.97 Å². The van der Waals surface area contributed by atoms with E-state index in [2.05, 4.69) is 14.9 Å². The minimum atomic E-state index is -0.104. The van der Waals surface area contributed by atoms with Crippen molar-refractivity contribution in [1.29, 1.82) is 0 Å². The topological polar surface area (TPSA) is 55.3 Å². The van der Waals surface area contributed by atoms with Crippen LogP contribution in [-0.2, 0) is 16.1 Å². The number of carbonyl (C=O) groups excluding carboxylic acids is 1. The summed E-state index contributed by atoms with van der Waals surface area (Å²) >= 11 is 0. The van der Waals surface area contributed by atoms with Gasteiger partial charge in [-0.3, -0.25) is 9.69 Å². The first kappa shape index (κ1) is 12.0. The van der Waals surface area contributed by atoms with E-state index in [1.54, 1.807) is 0 Å². The molecule has 0 bridgehead atoms. The molecule has 1 fully saturated rings. The number of aryl methyl sites for hydroxylation is 1. The second kappa shape index (κ2) is 5.23. The van der Waals surface area contributed by atoms with Gasteiger partial charge in [0.1, 0.15) is 5.82 Å². The maximum atomic E-state index is 11.4. The van der Waals surface area contributed by atoms with Crippen molar-refractivity contribution in [2.75, 3.05) is 20.2 Å². The van der Waals surface area contributed by atoms with Gasteiger partial charge in [-0.1, -0.05) is 0 Å². The van der Waals surface area contributed by atoms with Gasteiger partial charge in [0.2, 0.25) is 0 Å². The standard InChI is InChI=1S/C12H17N3O2/c1-9-13-5-10(6-14-9)7-15-4-3-11(8-15)12(16)17-2/h5-6,11H,3-4,7-8H2,1-2H3. The maximum absolute atomic E-state index is 11.4. The fraction of sp³-hybridized carbons (Fsp3) is 0.583. The molecule has 2 heterocycles. The number of likely N-dealkylation sites (tertiary alicyclic amines) is 1. The summed E-state index contributed by atoms with van der Waals surface area (Å²) in [5.74, 6) is 0.696. The Morgan fingerprint density at radius 3 is 2.88 bits per heavy atom. The number of methoxy groups -OCH3 is 1.